The van der Waals surface area contributed by atoms with E-state index in [1.807, 2.05) is 18.2 Å². The van der Waals surface area contributed by atoms with Gasteiger partial charge in [-0.05, 0) is 18.1 Å². The van der Waals surface area contributed by atoms with E-state index in [1.165, 1.54) is 16.8 Å². The number of carboxylic acids is 1. The van der Waals surface area contributed by atoms with Gasteiger partial charge >= 0.3 is 5.97 Å². The smallest absolute Gasteiger partial charge is 0.313 e. The third-order valence-corrected chi connectivity index (χ3v) is 3.53. The van der Waals surface area contributed by atoms with Crippen molar-refractivity contribution in [1.82, 2.24) is 10.2 Å². The van der Waals surface area contributed by atoms with E-state index in [0.717, 1.165) is 5.56 Å². The average Bonchev–Trinajstić information content (AvgIpc) is 2.81. The second-order valence-corrected chi connectivity index (χ2v) is 4.74. The van der Waals surface area contributed by atoms with Crippen molar-refractivity contribution in [2.45, 2.75) is 12.3 Å². The van der Waals surface area contributed by atoms with Gasteiger partial charge in [-0.3, -0.25) is 4.79 Å². The predicted octanol–water partition coefficient (Wildman–Crippen LogP) is 2.60. The standard InChI is InChI=1S/C11H9ClN2O2S/c12-9-4-2-1-3-7(9)5-8(11(15)16)10-14-13-6-17-10/h1-4,6,8H,5H2,(H,15,16). The SMILES string of the molecule is O=C(O)C(Cc1ccccc1Cl)c1nncs1. The van der Waals surface area contributed by atoms with Gasteiger partial charge in [0.2, 0.25) is 0 Å². The van der Waals surface area contributed by atoms with Crippen LogP contribution in [0.25, 0.3) is 0 Å². The van der Waals surface area contributed by atoms with Crippen molar-refractivity contribution < 1.29 is 9.90 Å². The lowest BCUT2D eigenvalue weighted by Crippen LogP contribution is -2.14. The van der Waals surface area contributed by atoms with Gasteiger partial charge in [0, 0.05) is 5.02 Å². The van der Waals surface area contributed by atoms with Crippen LogP contribution in [0.2, 0.25) is 5.02 Å². The number of carbonyl (C=O) groups is 1. The van der Waals surface area contributed by atoms with Crippen molar-refractivity contribution in [3.05, 3.63) is 45.4 Å². The molecule has 1 atom stereocenters. The fraction of sp³-hybridized carbons (Fsp3) is 0.182. The van der Waals surface area contributed by atoms with Crippen LogP contribution in [0.1, 0.15) is 16.5 Å². The van der Waals surface area contributed by atoms with E-state index in [-0.39, 0.29) is 0 Å². The van der Waals surface area contributed by atoms with E-state index in [0.29, 0.717) is 16.5 Å². The maximum Gasteiger partial charge on any atom is 0.313 e. The average molecular weight is 269 g/mol. The van der Waals surface area contributed by atoms with E-state index >= 15 is 0 Å². The van der Waals surface area contributed by atoms with Gasteiger partial charge in [-0.1, -0.05) is 29.8 Å². The van der Waals surface area contributed by atoms with Gasteiger partial charge in [0.15, 0.2) is 0 Å². The molecule has 1 aromatic heterocycles. The summed E-state index contributed by atoms with van der Waals surface area (Å²) in [6.45, 7) is 0. The Kier molecular flexibility index (Phi) is 3.71. The third-order valence-electron chi connectivity index (χ3n) is 2.35. The van der Waals surface area contributed by atoms with Gasteiger partial charge in [0.1, 0.15) is 16.4 Å². The number of benzene rings is 1. The summed E-state index contributed by atoms with van der Waals surface area (Å²) in [6.07, 6.45) is 0.324. The van der Waals surface area contributed by atoms with Crippen LogP contribution in [-0.4, -0.2) is 21.3 Å². The van der Waals surface area contributed by atoms with E-state index in [2.05, 4.69) is 10.2 Å². The summed E-state index contributed by atoms with van der Waals surface area (Å²) in [5.74, 6) is -1.61. The Labute approximate surface area is 107 Å². The lowest BCUT2D eigenvalue weighted by molar-refractivity contribution is -0.138. The number of aromatic nitrogens is 2. The highest BCUT2D eigenvalue weighted by atomic mass is 35.5. The van der Waals surface area contributed by atoms with Crippen molar-refractivity contribution >= 4 is 28.9 Å². The second-order valence-electron chi connectivity index (χ2n) is 3.46. The summed E-state index contributed by atoms with van der Waals surface area (Å²) in [5.41, 5.74) is 2.33. The van der Waals surface area contributed by atoms with Gasteiger partial charge in [0.25, 0.3) is 0 Å². The number of carboxylic acid groups (broad SMARTS) is 1. The monoisotopic (exact) mass is 268 g/mol. The highest BCUT2D eigenvalue weighted by Gasteiger charge is 2.24. The molecule has 0 aliphatic carbocycles. The molecule has 1 aromatic carbocycles. The van der Waals surface area contributed by atoms with Gasteiger partial charge in [0.05, 0.1) is 0 Å². The summed E-state index contributed by atoms with van der Waals surface area (Å²) in [7, 11) is 0. The first-order valence-corrected chi connectivity index (χ1v) is 6.16. The Hall–Kier alpha value is -1.46. The Morgan fingerprint density at radius 3 is 2.82 bits per heavy atom. The zero-order chi connectivity index (χ0) is 12.3. The molecule has 2 rings (SSSR count). The maximum atomic E-state index is 11.2. The normalized spacial score (nSPS) is 12.3. The van der Waals surface area contributed by atoms with Crippen LogP contribution >= 0.6 is 22.9 Å². The van der Waals surface area contributed by atoms with Crippen LogP contribution in [0.15, 0.2) is 29.8 Å². The number of nitrogens with zero attached hydrogens (tertiary/aromatic N) is 2. The van der Waals surface area contributed by atoms with Crippen molar-refractivity contribution in [2.75, 3.05) is 0 Å². The maximum absolute atomic E-state index is 11.2. The molecule has 4 nitrogen and oxygen atoms in total. The van der Waals surface area contributed by atoms with E-state index in [4.69, 9.17) is 11.6 Å². The lowest BCUT2D eigenvalue weighted by Gasteiger charge is -2.09. The third kappa shape index (κ3) is 2.81. The summed E-state index contributed by atoms with van der Waals surface area (Å²) < 4.78 is 0. The molecule has 0 saturated heterocycles. The van der Waals surface area contributed by atoms with Crippen LogP contribution in [0, 0.1) is 0 Å². The molecule has 0 spiro atoms. The number of hydrogen-bond donors (Lipinski definition) is 1. The van der Waals surface area contributed by atoms with E-state index < -0.39 is 11.9 Å². The molecular formula is C11H9ClN2O2S. The molecule has 0 aliphatic heterocycles. The zero-order valence-corrected chi connectivity index (χ0v) is 10.3. The zero-order valence-electron chi connectivity index (χ0n) is 8.71. The summed E-state index contributed by atoms with van der Waals surface area (Å²) in [4.78, 5) is 11.2. The van der Waals surface area contributed by atoms with Gasteiger partial charge in [-0.2, -0.15) is 0 Å². The largest absolute Gasteiger partial charge is 0.481 e. The minimum Gasteiger partial charge on any atom is -0.481 e. The Morgan fingerprint density at radius 1 is 1.47 bits per heavy atom. The fourth-order valence-electron chi connectivity index (χ4n) is 1.50. The molecule has 0 saturated carbocycles. The van der Waals surface area contributed by atoms with Crippen molar-refractivity contribution in [2.24, 2.45) is 0 Å². The van der Waals surface area contributed by atoms with E-state index in [9.17, 15) is 9.90 Å². The number of aliphatic carboxylic acids is 1. The quantitative estimate of drug-likeness (QED) is 0.926. The summed E-state index contributed by atoms with van der Waals surface area (Å²) in [5, 5.41) is 17.7. The minimum atomic E-state index is -0.915. The van der Waals surface area contributed by atoms with E-state index in [1.54, 1.807) is 6.07 Å². The number of halogens is 1. The minimum absolute atomic E-state index is 0.324. The molecule has 17 heavy (non-hydrogen) atoms. The molecule has 2 aromatic rings. The van der Waals surface area contributed by atoms with Crippen LogP contribution < -0.4 is 0 Å². The number of hydrogen-bond acceptors (Lipinski definition) is 4. The number of rotatable bonds is 4. The van der Waals surface area contributed by atoms with Crippen LogP contribution in [-0.2, 0) is 11.2 Å². The highest BCUT2D eigenvalue weighted by molar-refractivity contribution is 7.09. The van der Waals surface area contributed by atoms with Crippen LogP contribution in [0.4, 0.5) is 0 Å². The molecule has 88 valence electrons. The molecular weight excluding hydrogens is 260 g/mol. The first kappa shape index (κ1) is 12.0. The summed E-state index contributed by atoms with van der Waals surface area (Å²) in [6, 6.07) is 7.21. The lowest BCUT2D eigenvalue weighted by atomic mass is 10.00. The van der Waals surface area contributed by atoms with Crippen molar-refractivity contribution in [3.63, 3.8) is 0 Å². The molecule has 0 aliphatic rings. The Balaban J connectivity index is 2.26. The highest BCUT2D eigenvalue weighted by Crippen LogP contribution is 2.26. The van der Waals surface area contributed by atoms with Crippen molar-refractivity contribution in [1.29, 1.82) is 0 Å². The Bertz CT molecular complexity index is 516. The molecule has 1 heterocycles. The van der Waals surface area contributed by atoms with Gasteiger partial charge in [-0.15, -0.1) is 21.5 Å². The first-order valence-electron chi connectivity index (χ1n) is 4.90. The molecule has 0 amide bonds. The molecule has 6 heteroatoms. The summed E-state index contributed by atoms with van der Waals surface area (Å²) >= 11 is 7.25. The molecule has 0 bridgehead atoms. The molecule has 1 N–H and O–H groups in total. The van der Waals surface area contributed by atoms with Crippen LogP contribution in [0.5, 0.6) is 0 Å². The molecule has 0 fully saturated rings. The topological polar surface area (TPSA) is 63.1 Å². The second kappa shape index (κ2) is 5.25. The van der Waals surface area contributed by atoms with Crippen molar-refractivity contribution in [3.8, 4) is 0 Å². The van der Waals surface area contributed by atoms with Gasteiger partial charge < -0.3 is 5.11 Å². The Morgan fingerprint density at radius 2 is 2.24 bits per heavy atom. The fourth-order valence-corrected chi connectivity index (χ4v) is 2.36. The molecule has 1 unspecified atom stereocenters. The first-order chi connectivity index (χ1) is 8.18. The molecule has 0 radical (unpaired) electrons. The van der Waals surface area contributed by atoms with Gasteiger partial charge in [-0.25, -0.2) is 0 Å². The predicted molar refractivity (Wildman–Crippen MR) is 65.4 cm³/mol. The van der Waals surface area contributed by atoms with Crippen LogP contribution in [0.3, 0.4) is 0 Å².